The molecule has 1 aliphatic heterocycles. The van der Waals surface area contributed by atoms with Crippen molar-refractivity contribution in [3.05, 3.63) is 35.7 Å². The van der Waals surface area contributed by atoms with Crippen molar-refractivity contribution in [1.82, 2.24) is 14.9 Å². The second-order valence-electron chi connectivity index (χ2n) is 5.80. The topological polar surface area (TPSA) is 39.1 Å². The van der Waals surface area contributed by atoms with Crippen LogP contribution in [0.2, 0.25) is 0 Å². The fraction of sp³-hybridized carbons (Fsp3) is 0.438. The van der Waals surface area contributed by atoms with Gasteiger partial charge in [0, 0.05) is 36.5 Å². The van der Waals surface area contributed by atoms with Crippen molar-refractivity contribution in [2.45, 2.75) is 32.6 Å². The predicted octanol–water partition coefficient (Wildman–Crippen LogP) is 3.63. The van der Waals surface area contributed by atoms with Crippen LogP contribution in [0.15, 0.2) is 24.4 Å². The van der Waals surface area contributed by atoms with E-state index in [0.29, 0.717) is 30.3 Å². The maximum absolute atomic E-state index is 13.0. The summed E-state index contributed by atoms with van der Waals surface area (Å²) in [5.41, 5.74) is 0.735. The van der Waals surface area contributed by atoms with Gasteiger partial charge in [-0.15, -0.1) is 0 Å². The Hall–Kier alpha value is -2.02. The molecule has 0 saturated carbocycles. The Morgan fingerprint density at radius 3 is 2.78 bits per heavy atom. The summed E-state index contributed by atoms with van der Waals surface area (Å²) in [5, 5.41) is 3.22. The Bertz CT molecular complexity index is 707. The van der Waals surface area contributed by atoms with Gasteiger partial charge in [0.2, 0.25) is 0 Å². The van der Waals surface area contributed by atoms with Crippen molar-refractivity contribution in [3.8, 4) is 17.1 Å². The molecule has 0 amide bonds. The van der Waals surface area contributed by atoms with Gasteiger partial charge in [-0.25, -0.2) is 4.98 Å². The molecule has 0 atom stereocenters. The van der Waals surface area contributed by atoms with Gasteiger partial charge in [-0.1, -0.05) is 12.1 Å². The second kappa shape index (κ2) is 5.88. The van der Waals surface area contributed by atoms with Crippen LogP contribution < -0.4 is 10.1 Å². The number of hydrogen-bond donors (Lipinski definition) is 1. The predicted molar refractivity (Wildman–Crippen MR) is 80.3 cm³/mol. The number of ether oxygens (including phenoxy) is 1. The average Bonchev–Trinajstić information content (AvgIpc) is 2.81. The number of aromatic nitrogens is 2. The Kier molecular flexibility index (Phi) is 4.06. The minimum Gasteiger partial charge on any atom is -0.492 e. The van der Waals surface area contributed by atoms with Gasteiger partial charge in [0.1, 0.15) is 18.2 Å². The van der Waals surface area contributed by atoms with E-state index in [4.69, 9.17) is 4.74 Å². The molecule has 1 aromatic carbocycles. The van der Waals surface area contributed by atoms with E-state index >= 15 is 0 Å². The van der Waals surface area contributed by atoms with Gasteiger partial charge in [0.25, 0.3) is 0 Å². The molecule has 2 heterocycles. The molecule has 3 rings (SSSR count). The Morgan fingerprint density at radius 1 is 1.30 bits per heavy atom. The van der Waals surface area contributed by atoms with Crippen LogP contribution in [0.3, 0.4) is 0 Å². The lowest BCUT2D eigenvalue weighted by Crippen LogP contribution is -2.16. The molecule has 2 aromatic rings. The van der Waals surface area contributed by atoms with Gasteiger partial charge in [-0.2, -0.15) is 13.2 Å². The first-order chi connectivity index (χ1) is 10.9. The van der Waals surface area contributed by atoms with Crippen LogP contribution in [0.1, 0.15) is 31.1 Å². The highest BCUT2D eigenvalue weighted by Gasteiger charge is 2.35. The molecular formula is C16H18F3N3O. The minimum atomic E-state index is -4.46. The zero-order valence-electron chi connectivity index (χ0n) is 12.9. The van der Waals surface area contributed by atoms with E-state index in [-0.39, 0.29) is 6.04 Å². The fourth-order valence-corrected chi connectivity index (χ4v) is 2.57. The number of halogens is 3. The lowest BCUT2D eigenvalue weighted by atomic mass is 10.1. The number of benzene rings is 1. The summed E-state index contributed by atoms with van der Waals surface area (Å²) < 4.78 is 46.1. The van der Waals surface area contributed by atoms with E-state index in [9.17, 15) is 13.2 Å². The molecule has 4 nitrogen and oxygen atoms in total. The highest BCUT2D eigenvalue weighted by Crippen LogP contribution is 2.34. The third-order valence-electron chi connectivity index (χ3n) is 3.76. The molecule has 0 fully saturated rings. The number of fused-ring (bicyclic) bond motifs is 1. The maximum Gasteiger partial charge on any atom is 0.434 e. The first kappa shape index (κ1) is 15.9. The van der Waals surface area contributed by atoms with Crippen molar-refractivity contribution >= 4 is 0 Å². The zero-order chi connectivity index (χ0) is 16.6. The molecule has 1 aromatic heterocycles. The molecule has 0 unspecified atom stereocenters. The molecule has 124 valence electrons. The SMILES string of the molecule is CC(C)n1cc(C(F)(F)F)nc1-c1ccc2c(c1)OCCNC2. The largest absolute Gasteiger partial charge is 0.492 e. The van der Waals surface area contributed by atoms with Crippen molar-refractivity contribution in [2.24, 2.45) is 0 Å². The van der Waals surface area contributed by atoms with E-state index in [1.54, 1.807) is 16.7 Å². The molecule has 0 radical (unpaired) electrons. The smallest absolute Gasteiger partial charge is 0.434 e. The van der Waals surface area contributed by atoms with Crippen molar-refractivity contribution in [1.29, 1.82) is 0 Å². The molecule has 0 spiro atoms. The third kappa shape index (κ3) is 3.19. The summed E-state index contributed by atoms with van der Waals surface area (Å²) in [6.07, 6.45) is -3.39. The number of rotatable bonds is 2. The first-order valence-electron chi connectivity index (χ1n) is 7.49. The van der Waals surface area contributed by atoms with Gasteiger partial charge in [0.15, 0.2) is 5.69 Å². The van der Waals surface area contributed by atoms with Gasteiger partial charge >= 0.3 is 6.18 Å². The third-order valence-corrected chi connectivity index (χ3v) is 3.76. The maximum atomic E-state index is 13.0. The summed E-state index contributed by atoms with van der Waals surface area (Å²) in [6, 6.07) is 5.30. The highest BCUT2D eigenvalue weighted by molar-refractivity contribution is 5.60. The molecule has 0 saturated heterocycles. The number of imidazole rings is 1. The summed E-state index contributed by atoms with van der Waals surface area (Å²) in [6.45, 7) is 5.61. The van der Waals surface area contributed by atoms with E-state index in [2.05, 4.69) is 10.3 Å². The molecular weight excluding hydrogens is 307 g/mol. The normalized spacial score (nSPS) is 15.2. The van der Waals surface area contributed by atoms with Crippen LogP contribution >= 0.6 is 0 Å². The van der Waals surface area contributed by atoms with Crippen molar-refractivity contribution < 1.29 is 17.9 Å². The number of nitrogens with one attached hydrogen (secondary N) is 1. The summed E-state index contributed by atoms with van der Waals surface area (Å²) in [7, 11) is 0. The lowest BCUT2D eigenvalue weighted by molar-refractivity contribution is -0.140. The van der Waals surface area contributed by atoms with Gasteiger partial charge < -0.3 is 14.6 Å². The van der Waals surface area contributed by atoms with E-state index in [1.165, 1.54) is 0 Å². The van der Waals surface area contributed by atoms with Gasteiger partial charge in [-0.3, -0.25) is 0 Å². The molecule has 1 aliphatic rings. The monoisotopic (exact) mass is 325 g/mol. The second-order valence-corrected chi connectivity index (χ2v) is 5.80. The summed E-state index contributed by atoms with van der Waals surface area (Å²) >= 11 is 0. The summed E-state index contributed by atoms with van der Waals surface area (Å²) in [4.78, 5) is 3.81. The van der Waals surface area contributed by atoms with Crippen LogP contribution in [0, 0.1) is 0 Å². The zero-order valence-corrected chi connectivity index (χ0v) is 12.9. The van der Waals surface area contributed by atoms with Gasteiger partial charge in [-0.05, 0) is 19.9 Å². The standard InChI is InChI=1S/C16H18F3N3O/c1-10(2)22-9-14(16(17,18)19)21-15(22)11-3-4-12-8-20-5-6-23-13(12)7-11/h3-4,7,9-10,20H,5-6,8H2,1-2H3. The fourth-order valence-electron chi connectivity index (χ4n) is 2.57. The number of nitrogens with zero attached hydrogens (tertiary/aromatic N) is 2. The first-order valence-corrected chi connectivity index (χ1v) is 7.49. The average molecular weight is 325 g/mol. The minimum absolute atomic E-state index is 0.130. The van der Waals surface area contributed by atoms with Crippen molar-refractivity contribution in [3.63, 3.8) is 0 Å². The van der Waals surface area contributed by atoms with Crippen LogP contribution in [0.5, 0.6) is 5.75 Å². The van der Waals surface area contributed by atoms with E-state index in [0.717, 1.165) is 18.3 Å². The molecule has 0 bridgehead atoms. The lowest BCUT2D eigenvalue weighted by Gasteiger charge is -2.13. The van der Waals surface area contributed by atoms with E-state index in [1.807, 2.05) is 19.9 Å². The van der Waals surface area contributed by atoms with E-state index < -0.39 is 11.9 Å². The molecule has 1 N–H and O–H groups in total. The van der Waals surface area contributed by atoms with Crippen LogP contribution in [-0.2, 0) is 12.7 Å². The number of alkyl halides is 3. The van der Waals surface area contributed by atoms with Crippen LogP contribution in [0.25, 0.3) is 11.4 Å². The highest BCUT2D eigenvalue weighted by atomic mass is 19.4. The van der Waals surface area contributed by atoms with Gasteiger partial charge in [0.05, 0.1) is 0 Å². The number of hydrogen-bond acceptors (Lipinski definition) is 3. The molecule has 0 aliphatic carbocycles. The Morgan fingerprint density at radius 2 is 2.09 bits per heavy atom. The molecule has 7 heteroatoms. The quantitative estimate of drug-likeness (QED) is 0.916. The van der Waals surface area contributed by atoms with Crippen LogP contribution in [0.4, 0.5) is 13.2 Å². The molecule has 23 heavy (non-hydrogen) atoms. The Labute approximate surface area is 132 Å². The van der Waals surface area contributed by atoms with Crippen molar-refractivity contribution in [2.75, 3.05) is 13.2 Å². The summed E-state index contributed by atoms with van der Waals surface area (Å²) in [5.74, 6) is 0.996. The Balaban J connectivity index is 2.07. The van der Waals surface area contributed by atoms with Crippen LogP contribution in [-0.4, -0.2) is 22.7 Å².